The van der Waals surface area contributed by atoms with Crippen LogP contribution in [-0.4, -0.2) is 82.3 Å². The first-order valence-corrected chi connectivity index (χ1v) is 29.9. The van der Waals surface area contributed by atoms with Crippen LogP contribution in [0.25, 0.3) is 0 Å². The number of quaternary nitrogens is 1. The molecule has 0 heterocycles. The third kappa shape index (κ3) is 59.9. The highest BCUT2D eigenvalue weighted by molar-refractivity contribution is 5.71. The van der Waals surface area contributed by atoms with Gasteiger partial charge < -0.3 is 33.3 Å². The van der Waals surface area contributed by atoms with Crippen molar-refractivity contribution in [1.82, 2.24) is 0 Å². The zero-order chi connectivity index (χ0) is 57.6. The van der Waals surface area contributed by atoms with Crippen molar-refractivity contribution in [3.05, 3.63) is 182 Å². The van der Waals surface area contributed by atoms with Gasteiger partial charge in [-0.3, -0.25) is 9.59 Å². The molecule has 79 heavy (non-hydrogen) atoms. The van der Waals surface area contributed by atoms with Gasteiger partial charge in [0.1, 0.15) is 13.2 Å². The molecule has 440 valence electrons. The highest BCUT2D eigenvalue weighted by atomic mass is 16.7. The minimum atomic E-state index is -1.66. The van der Waals surface area contributed by atoms with Gasteiger partial charge in [-0.2, -0.15) is 0 Å². The van der Waals surface area contributed by atoms with Crippen LogP contribution in [0.1, 0.15) is 181 Å². The lowest BCUT2D eigenvalue weighted by Crippen LogP contribution is -2.44. The van der Waals surface area contributed by atoms with E-state index in [0.717, 1.165) is 116 Å². The molecule has 0 aliphatic heterocycles. The Labute approximate surface area is 481 Å². The summed E-state index contributed by atoms with van der Waals surface area (Å²) in [4.78, 5) is 37.2. The molecule has 0 saturated carbocycles. The van der Waals surface area contributed by atoms with Crippen LogP contribution in [0.15, 0.2) is 182 Å². The summed E-state index contributed by atoms with van der Waals surface area (Å²) in [7, 11) is 5.87. The fraction of sp³-hybridized carbons (Fsp3) is 0.529. The zero-order valence-corrected chi connectivity index (χ0v) is 49.9. The number of likely N-dealkylation sites (N-methyl/N-ethyl adjacent to an activating group) is 1. The van der Waals surface area contributed by atoms with Crippen LogP contribution in [0.4, 0.5) is 0 Å². The van der Waals surface area contributed by atoms with Gasteiger partial charge in [-0.05, 0) is 116 Å². The van der Waals surface area contributed by atoms with E-state index in [1.807, 2.05) is 33.3 Å². The first-order valence-electron chi connectivity index (χ1n) is 29.9. The third-order valence-corrected chi connectivity index (χ3v) is 11.7. The van der Waals surface area contributed by atoms with E-state index in [2.05, 4.69) is 178 Å². The lowest BCUT2D eigenvalue weighted by atomic mass is 10.1. The Balaban J connectivity index is 4.27. The molecule has 0 rings (SSSR count). The summed E-state index contributed by atoms with van der Waals surface area (Å²) in [5.41, 5.74) is 0. The second-order valence-electron chi connectivity index (χ2n) is 20.2. The molecule has 0 spiro atoms. The molecule has 2 unspecified atom stereocenters. The molecule has 0 fully saturated rings. The Morgan fingerprint density at radius 3 is 1.08 bits per heavy atom. The van der Waals surface area contributed by atoms with E-state index < -0.39 is 30.3 Å². The molecule has 0 aliphatic carbocycles. The van der Waals surface area contributed by atoms with Crippen LogP contribution in [0, 0.1) is 0 Å². The number of hydrogen-bond donors (Lipinski definition) is 0. The number of esters is 2. The van der Waals surface area contributed by atoms with Crippen molar-refractivity contribution in [2.24, 2.45) is 0 Å². The molecular weight excluding hydrogens is 983 g/mol. The van der Waals surface area contributed by atoms with Crippen molar-refractivity contribution in [3.63, 3.8) is 0 Å². The number of allylic oxidation sites excluding steroid dienone is 29. The first kappa shape index (κ1) is 73.4. The van der Waals surface area contributed by atoms with Crippen LogP contribution in [0.2, 0.25) is 0 Å². The fourth-order valence-corrected chi connectivity index (χ4v) is 7.16. The van der Waals surface area contributed by atoms with Crippen molar-refractivity contribution in [1.29, 1.82) is 0 Å². The Bertz CT molecular complexity index is 1940. The van der Waals surface area contributed by atoms with Gasteiger partial charge in [0.25, 0.3) is 0 Å². The minimum Gasteiger partial charge on any atom is -0.545 e. The van der Waals surface area contributed by atoms with E-state index in [-0.39, 0.29) is 32.7 Å². The van der Waals surface area contributed by atoms with Crippen LogP contribution >= 0.6 is 0 Å². The Hall–Kier alpha value is -5.61. The second-order valence-corrected chi connectivity index (χ2v) is 20.2. The standard InChI is InChI=1S/C70H107NO8/c1-6-8-10-12-14-16-18-20-22-23-24-25-26-27-28-29-30-31-32-33-34-35-36-37-38-39-40-41-42-43-44-45-47-49-51-53-55-57-59-61-68(73)79-66(65-78-70(69(74)75)76-63-62-71(3,4)5)64-77-67(72)60-58-56-54-52-50-48-46-21-19-17-15-13-11-9-7-2/h8-11,14-17,20-22,24-25,27-28,30-31,33-34,36-37,39-40,42-43,46,50,52,56,58,66,70H,6-7,12-13,18-19,23,26,29,32,35,38,41,44-45,47-49,51,53-55,57,59-65H2,1-5H3/b10-8-,11-9-,16-14-,17-15-,22-20-,25-24-,28-27-,31-30-,34-33-,37-36-,40-39-,43-42-,46-21-,52-50-,58-56-. The maximum atomic E-state index is 12.9. The van der Waals surface area contributed by atoms with Crippen LogP contribution in [-0.2, 0) is 33.3 Å². The van der Waals surface area contributed by atoms with Gasteiger partial charge in [0.2, 0.25) is 0 Å². The Morgan fingerprint density at radius 1 is 0.392 bits per heavy atom. The van der Waals surface area contributed by atoms with Crippen LogP contribution in [0.5, 0.6) is 0 Å². The molecule has 0 N–H and O–H groups in total. The maximum Gasteiger partial charge on any atom is 0.309 e. The molecule has 0 radical (unpaired) electrons. The number of carbonyl (C=O) groups is 3. The molecule has 0 aromatic rings. The zero-order valence-electron chi connectivity index (χ0n) is 49.9. The predicted molar refractivity (Wildman–Crippen MR) is 333 cm³/mol. The number of carboxylic acids is 1. The van der Waals surface area contributed by atoms with E-state index in [1.54, 1.807) is 6.08 Å². The quantitative estimate of drug-likeness (QED) is 0.0195. The van der Waals surface area contributed by atoms with Crippen molar-refractivity contribution < 1.29 is 42.9 Å². The highest BCUT2D eigenvalue weighted by Gasteiger charge is 2.21. The maximum absolute atomic E-state index is 12.9. The average Bonchev–Trinajstić information content (AvgIpc) is 3.42. The van der Waals surface area contributed by atoms with E-state index in [9.17, 15) is 19.5 Å². The first-order chi connectivity index (χ1) is 38.6. The lowest BCUT2D eigenvalue weighted by Gasteiger charge is -2.26. The van der Waals surface area contributed by atoms with Gasteiger partial charge in [0.15, 0.2) is 12.4 Å². The van der Waals surface area contributed by atoms with Gasteiger partial charge in [0, 0.05) is 6.42 Å². The molecule has 9 nitrogen and oxygen atoms in total. The van der Waals surface area contributed by atoms with Gasteiger partial charge in [-0.25, -0.2) is 0 Å². The molecule has 0 amide bonds. The molecule has 0 bridgehead atoms. The summed E-state index contributed by atoms with van der Waals surface area (Å²) >= 11 is 0. The van der Waals surface area contributed by atoms with Crippen molar-refractivity contribution >= 4 is 17.9 Å². The van der Waals surface area contributed by atoms with Crippen molar-refractivity contribution in [2.75, 3.05) is 47.5 Å². The molecule has 0 saturated heterocycles. The van der Waals surface area contributed by atoms with Gasteiger partial charge in [-0.15, -0.1) is 0 Å². The fourth-order valence-electron chi connectivity index (χ4n) is 7.16. The topological polar surface area (TPSA) is 111 Å². The average molecular weight is 1090 g/mol. The largest absolute Gasteiger partial charge is 0.545 e. The summed E-state index contributed by atoms with van der Waals surface area (Å²) in [6.45, 7) is 4.35. The molecular formula is C70H107NO8. The summed E-state index contributed by atoms with van der Waals surface area (Å²) < 4.78 is 22.5. The number of rotatable bonds is 52. The predicted octanol–water partition coefficient (Wildman–Crippen LogP) is 16.8. The number of ether oxygens (including phenoxy) is 4. The number of aliphatic carboxylic acids is 1. The molecule has 9 heteroatoms. The molecule has 2 atom stereocenters. The van der Waals surface area contributed by atoms with Crippen LogP contribution < -0.4 is 5.11 Å². The summed E-state index contributed by atoms with van der Waals surface area (Å²) in [5, 5.41) is 11.8. The Morgan fingerprint density at radius 2 is 0.722 bits per heavy atom. The Kier molecular flexibility index (Phi) is 54.4. The highest BCUT2D eigenvalue weighted by Crippen LogP contribution is 2.13. The SMILES string of the molecule is CC/C=C\C/C=C\C/C=C\C/C=C\C/C=C\C/C=C\C/C=C\C/C=C\C/C=C\C/C=C\CCCCCCCCCCC(=O)OC(COC(=O)C/C=C\C/C=C\C/C=C\C/C=C\C/C=C\CC)COC(OCC[N+](C)(C)C)C(=O)[O-]. The van der Waals surface area contributed by atoms with E-state index in [0.29, 0.717) is 23.9 Å². The molecule has 0 aliphatic rings. The lowest BCUT2D eigenvalue weighted by molar-refractivity contribution is -0.870. The normalized spacial score (nSPS) is 14.1. The third-order valence-electron chi connectivity index (χ3n) is 11.7. The smallest absolute Gasteiger partial charge is 0.309 e. The minimum absolute atomic E-state index is 0.0477. The summed E-state index contributed by atoms with van der Waals surface area (Å²) in [6.07, 6.45) is 87.0. The second kappa shape index (κ2) is 58.5. The number of carboxylic acid groups (broad SMARTS) is 1. The van der Waals surface area contributed by atoms with Gasteiger partial charge >= 0.3 is 11.9 Å². The monoisotopic (exact) mass is 1090 g/mol. The van der Waals surface area contributed by atoms with Crippen molar-refractivity contribution in [2.45, 2.75) is 193 Å². The number of hydrogen-bond acceptors (Lipinski definition) is 8. The molecule has 0 aromatic carbocycles. The number of carbonyl (C=O) groups excluding carboxylic acids is 3. The van der Waals surface area contributed by atoms with E-state index in [4.69, 9.17) is 18.9 Å². The number of unbranched alkanes of at least 4 members (excludes halogenated alkanes) is 8. The summed E-state index contributed by atoms with van der Waals surface area (Å²) in [5.74, 6) is -2.48. The summed E-state index contributed by atoms with van der Waals surface area (Å²) in [6, 6.07) is 0. The number of nitrogens with zero attached hydrogens (tertiary/aromatic N) is 1. The van der Waals surface area contributed by atoms with Crippen LogP contribution in [0.3, 0.4) is 0 Å². The van der Waals surface area contributed by atoms with E-state index in [1.165, 1.54) is 25.7 Å². The van der Waals surface area contributed by atoms with Gasteiger partial charge in [0.05, 0.1) is 46.7 Å². The van der Waals surface area contributed by atoms with E-state index >= 15 is 0 Å². The van der Waals surface area contributed by atoms with Crippen molar-refractivity contribution in [3.8, 4) is 0 Å². The van der Waals surface area contributed by atoms with Gasteiger partial charge in [-0.1, -0.05) is 235 Å². The molecule has 0 aromatic heterocycles.